The molecule has 1 aromatic carbocycles. The third-order valence-corrected chi connectivity index (χ3v) is 4.00. The summed E-state index contributed by atoms with van der Waals surface area (Å²) in [4.78, 5) is 22.1. The van der Waals surface area contributed by atoms with Crippen LogP contribution in [0.3, 0.4) is 0 Å². The van der Waals surface area contributed by atoms with Crippen LogP contribution in [-0.2, 0) is 14.8 Å². The number of carbonyl (C=O) groups is 2. The van der Waals surface area contributed by atoms with Crippen LogP contribution in [0.5, 0.6) is 0 Å². The number of rotatable bonds is 5. The van der Waals surface area contributed by atoms with Crippen molar-refractivity contribution >= 4 is 37.8 Å². The molecule has 0 heterocycles. The number of carbonyl (C=O) groups excluding carboxylic acids is 1. The summed E-state index contributed by atoms with van der Waals surface area (Å²) in [5.41, 5.74) is 0.331. The average Bonchev–Trinajstić information content (AvgIpc) is 2.29. The van der Waals surface area contributed by atoms with Crippen molar-refractivity contribution in [3.63, 3.8) is 0 Å². The molecule has 0 aliphatic carbocycles. The Morgan fingerprint density at radius 3 is 2.50 bits per heavy atom. The monoisotopic (exact) mass is 364 g/mol. The van der Waals surface area contributed by atoms with Crippen molar-refractivity contribution in [2.24, 2.45) is 5.14 Å². The van der Waals surface area contributed by atoms with Gasteiger partial charge in [0.15, 0.2) is 0 Å². The SMILES string of the molecule is Cc1c(C(=O)NCCC(=O)O)cc(Br)cc1S(N)(=O)=O. The molecule has 0 fully saturated rings. The largest absolute Gasteiger partial charge is 0.481 e. The Labute approximate surface area is 124 Å². The molecule has 0 bridgehead atoms. The van der Waals surface area contributed by atoms with E-state index in [0.717, 1.165) is 0 Å². The number of nitrogens with two attached hydrogens (primary N) is 1. The van der Waals surface area contributed by atoms with Crippen LogP contribution in [-0.4, -0.2) is 31.9 Å². The van der Waals surface area contributed by atoms with E-state index in [1.807, 2.05) is 0 Å². The van der Waals surface area contributed by atoms with E-state index in [0.29, 0.717) is 4.47 Å². The second kappa shape index (κ2) is 6.33. The molecule has 1 amide bonds. The number of hydrogen-bond donors (Lipinski definition) is 3. The second-order valence-electron chi connectivity index (χ2n) is 4.02. The second-order valence-corrected chi connectivity index (χ2v) is 6.47. The van der Waals surface area contributed by atoms with Crippen molar-refractivity contribution in [3.8, 4) is 0 Å². The van der Waals surface area contributed by atoms with E-state index >= 15 is 0 Å². The summed E-state index contributed by atoms with van der Waals surface area (Å²) in [7, 11) is -3.95. The lowest BCUT2D eigenvalue weighted by molar-refractivity contribution is -0.136. The fourth-order valence-corrected chi connectivity index (χ4v) is 3.00. The molecule has 20 heavy (non-hydrogen) atoms. The molecule has 1 rings (SSSR count). The molecule has 0 saturated carbocycles. The predicted octanol–water partition coefficient (Wildman–Crippen LogP) is 0.609. The highest BCUT2D eigenvalue weighted by Crippen LogP contribution is 2.23. The molecule has 0 saturated heterocycles. The Hall–Kier alpha value is -1.45. The van der Waals surface area contributed by atoms with Crippen LogP contribution in [0.15, 0.2) is 21.5 Å². The zero-order valence-electron chi connectivity index (χ0n) is 10.5. The number of nitrogens with one attached hydrogen (secondary N) is 1. The number of carboxylic acids is 1. The molecule has 0 spiro atoms. The van der Waals surface area contributed by atoms with Crippen molar-refractivity contribution in [2.45, 2.75) is 18.2 Å². The number of benzene rings is 1. The van der Waals surface area contributed by atoms with E-state index in [-0.39, 0.29) is 29.0 Å². The molecule has 1 aromatic rings. The lowest BCUT2D eigenvalue weighted by atomic mass is 10.1. The van der Waals surface area contributed by atoms with Crippen LogP contribution in [0.1, 0.15) is 22.3 Å². The molecule has 7 nitrogen and oxygen atoms in total. The first-order chi connectivity index (χ1) is 9.12. The lowest BCUT2D eigenvalue weighted by Gasteiger charge is -2.11. The van der Waals surface area contributed by atoms with Crippen molar-refractivity contribution in [3.05, 3.63) is 27.7 Å². The molecule has 0 aromatic heterocycles. The third-order valence-electron chi connectivity index (χ3n) is 2.50. The van der Waals surface area contributed by atoms with Gasteiger partial charge in [0.05, 0.1) is 11.3 Å². The summed E-state index contributed by atoms with van der Waals surface area (Å²) in [5, 5.41) is 16.0. The van der Waals surface area contributed by atoms with Gasteiger partial charge in [-0.15, -0.1) is 0 Å². The normalized spacial score (nSPS) is 11.2. The molecule has 0 atom stereocenters. The molecule has 0 aliphatic rings. The number of carboxylic acid groups (broad SMARTS) is 1. The molecule has 0 radical (unpaired) electrons. The van der Waals surface area contributed by atoms with Crippen LogP contribution >= 0.6 is 15.9 Å². The van der Waals surface area contributed by atoms with Crippen molar-refractivity contribution < 1.29 is 23.1 Å². The first kappa shape index (κ1) is 16.6. The molecule has 4 N–H and O–H groups in total. The maximum absolute atomic E-state index is 11.9. The van der Waals surface area contributed by atoms with Crippen molar-refractivity contribution in [1.29, 1.82) is 0 Å². The Morgan fingerprint density at radius 1 is 1.40 bits per heavy atom. The first-order valence-electron chi connectivity index (χ1n) is 5.46. The van der Waals surface area contributed by atoms with Gasteiger partial charge in [0.1, 0.15) is 0 Å². The Morgan fingerprint density at radius 2 is 2.00 bits per heavy atom. The highest BCUT2D eigenvalue weighted by Gasteiger charge is 2.19. The third kappa shape index (κ3) is 4.29. The zero-order chi connectivity index (χ0) is 15.5. The van der Waals surface area contributed by atoms with Crippen LogP contribution in [0, 0.1) is 6.92 Å². The van der Waals surface area contributed by atoms with Gasteiger partial charge in [0.25, 0.3) is 5.91 Å². The zero-order valence-corrected chi connectivity index (χ0v) is 12.9. The Kier molecular flexibility index (Phi) is 5.26. The van der Waals surface area contributed by atoms with E-state index in [1.165, 1.54) is 19.1 Å². The number of hydrogen-bond acceptors (Lipinski definition) is 4. The van der Waals surface area contributed by atoms with Gasteiger partial charge in [-0.3, -0.25) is 9.59 Å². The molecule has 0 aliphatic heterocycles. The molecule has 110 valence electrons. The molecular weight excluding hydrogens is 352 g/mol. The minimum Gasteiger partial charge on any atom is -0.481 e. The van der Waals surface area contributed by atoms with Gasteiger partial charge in [-0.1, -0.05) is 15.9 Å². The van der Waals surface area contributed by atoms with Gasteiger partial charge in [0.2, 0.25) is 10.0 Å². The molecule has 0 unspecified atom stereocenters. The highest BCUT2D eigenvalue weighted by atomic mass is 79.9. The summed E-state index contributed by atoms with van der Waals surface area (Å²) >= 11 is 3.11. The van der Waals surface area contributed by atoms with E-state index in [2.05, 4.69) is 21.2 Å². The van der Waals surface area contributed by atoms with Crippen molar-refractivity contribution in [2.75, 3.05) is 6.54 Å². The number of sulfonamides is 1. The first-order valence-corrected chi connectivity index (χ1v) is 7.80. The van der Waals surface area contributed by atoms with Gasteiger partial charge in [0, 0.05) is 16.6 Å². The summed E-state index contributed by atoms with van der Waals surface area (Å²) in [6.45, 7) is 1.41. The summed E-state index contributed by atoms with van der Waals surface area (Å²) in [6, 6.07) is 2.75. The summed E-state index contributed by atoms with van der Waals surface area (Å²) in [6.07, 6.45) is -0.221. The van der Waals surface area contributed by atoms with E-state index in [4.69, 9.17) is 10.2 Å². The lowest BCUT2D eigenvalue weighted by Crippen LogP contribution is -2.27. The summed E-state index contributed by atoms with van der Waals surface area (Å²) in [5.74, 6) is -1.60. The van der Waals surface area contributed by atoms with Crippen LogP contribution < -0.4 is 10.5 Å². The van der Waals surface area contributed by atoms with Crippen LogP contribution in [0.4, 0.5) is 0 Å². The molecular formula is C11H13BrN2O5S. The van der Waals surface area contributed by atoms with Gasteiger partial charge in [-0.25, -0.2) is 13.6 Å². The smallest absolute Gasteiger partial charge is 0.305 e. The van der Waals surface area contributed by atoms with E-state index < -0.39 is 21.9 Å². The van der Waals surface area contributed by atoms with Gasteiger partial charge in [-0.05, 0) is 24.6 Å². The molecule has 9 heteroatoms. The predicted molar refractivity (Wildman–Crippen MR) is 74.8 cm³/mol. The quantitative estimate of drug-likeness (QED) is 0.705. The average molecular weight is 365 g/mol. The summed E-state index contributed by atoms with van der Waals surface area (Å²) < 4.78 is 23.2. The Balaban J connectivity index is 3.10. The fourth-order valence-electron chi connectivity index (χ4n) is 1.56. The Bertz CT molecular complexity index is 657. The number of amides is 1. The van der Waals surface area contributed by atoms with Gasteiger partial charge >= 0.3 is 5.97 Å². The minimum absolute atomic E-state index is 0.0508. The number of aliphatic carboxylic acids is 1. The fraction of sp³-hybridized carbons (Fsp3) is 0.273. The van der Waals surface area contributed by atoms with Crippen LogP contribution in [0.2, 0.25) is 0 Å². The highest BCUT2D eigenvalue weighted by molar-refractivity contribution is 9.10. The maximum atomic E-state index is 11.9. The van der Waals surface area contributed by atoms with E-state index in [9.17, 15) is 18.0 Å². The van der Waals surface area contributed by atoms with Gasteiger partial charge < -0.3 is 10.4 Å². The van der Waals surface area contributed by atoms with Crippen molar-refractivity contribution in [1.82, 2.24) is 5.32 Å². The number of primary sulfonamides is 1. The topological polar surface area (TPSA) is 127 Å². The standard InChI is InChI=1S/C11H13BrN2O5S/c1-6-8(11(17)14-3-2-10(15)16)4-7(12)5-9(6)20(13,18)19/h4-5H,2-3H2,1H3,(H,14,17)(H,15,16)(H2,13,18,19). The minimum atomic E-state index is -3.95. The van der Waals surface area contributed by atoms with Gasteiger partial charge in [-0.2, -0.15) is 0 Å². The maximum Gasteiger partial charge on any atom is 0.305 e. The van der Waals surface area contributed by atoms with Crippen LogP contribution in [0.25, 0.3) is 0 Å². The number of halogens is 1. The van der Waals surface area contributed by atoms with E-state index in [1.54, 1.807) is 0 Å².